The standard InChI is InChI=1S/C18H39N/c1-6-8-9-10-11-12-13-14-15-18(4,5)16-17(3)19-7-2/h17,19H,6-16H2,1-5H3. The predicted molar refractivity (Wildman–Crippen MR) is 88.8 cm³/mol. The molecule has 116 valence electrons. The summed E-state index contributed by atoms with van der Waals surface area (Å²) in [6, 6.07) is 0.661. The first-order valence-corrected chi connectivity index (χ1v) is 8.75. The number of rotatable bonds is 13. The Hall–Kier alpha value is -0.0400. The van der Waals surface area contributed by atoms with Gasteiger partial charge in [-0.3, -0.25) is 0 Å². The first kappa shape index (κ1) is 19.0. The van der Waals surface area contributed by atoms with Crippen LogP contribution in [-0.4, -0.2) is 12.6 Å². The van der Waals surface area contributed by atoms with Gasteiger partial charge >= 0.3 is 0 Å². The zero-order chi connectivity index (χ0) is 14.6. The van der Waals surface area contributed by atoms with E-state index in [1.807, 2.05) is 0 Å². The van der Waals surface area contributed by atoms with Gasteiger partial charge in [-0.15, -0.1) is 0 Å². The van der Waals surface area contributed by atoms with Gasteiger partial charge in [0.15, 0.2) is 0 Å². The van der Waals surface area contributed by atoms with Gasteiger partial charge < -0.3 is 5.32 Å². The average molecular weight is 270 g/mol. The number of hydrogen-bond acceptors (Lipinski definition) is 1. The van der Waals surface area contributed by atoms with Crippen LogP contribution >= 0.6 is 0 Å². The summed E-state index contributed by atoms with van der Waals surface area (Å²) in [7, 11) is 0. The van der Waals surface area contributed by atoms with Crippen molar-refractivity contribution in [2.24, 2.45) is 5.41 Å². The van der Waals surface area contributed by atoms with Crippen molar-refractivity contribution in [3.05, 3.63) is 0 Å². The Kier molecular flexibility index (Phi) is 11.7. The SMILES string of the molecule is CCCCCCCCCCC(C)(C)CC(C)NCC. The summed E-state index contributed by atoms with van der Waals surface area (Å²) in [6.07, 6.45) is 14.1. The molecule has 0 aliphatic rings. The Morgan fingerprint density at radius 3 is 1.89 bits per heavy atom. The van der Waals surface area contributed by atoms with Crippen molar-refractivity contribution in [3.63, 3.8) is 0 Å². The highest BCUT2D eigenvalue weighted by Gasteiger charge is 2.19. The number of nitrogens with one attached hydrogen (secondary N) is 1. The molecule has 0 aliphatic heterocycles. The fourth-order valence-corrected chi connectivity index (χ4v) is 3.09. The Morgan fingerprint density at radius 1 is 0.842 bits per heavy atom. The molecule has 0 spiro atoms. The van der Waals surface area contributed by atoms with E-state index in [0.29, 0.717) is 11.5 Å². The third-order valence-corrected chi connectivity index (χ3v) is 4.12. The molecule has 19 heavy (non-hydrogen) atoms. The largest absolute Gasteiger partial charge is 0.315 e. The second-order valence-electron chi connectivity index (χ2n) is 7.05. The molecule has 0 fully saturated rings. The second kappa shape index (κ2) is 11.8. The molecular weight excluding hydrogens is 230 g/mol. The van der Waals surface area contributed by atoms with Crippen LogP contribution in [-0.2, 0) is 0 Å². The normalized spacial score (nSPS) is 13.7. The van der Waals surface area contributed by atoms with Crippen molar-refractivity contribution in [1.82, 2.24) is 5.32 Å². The lowest BCUT2D eigenvalue weighted by Gasteiger charge is -2.28. The minimum Gasteiger partial charge on any atom is -0.315 e. The van der Waals surface area contributed by atoms with Gasteiger partial charge in [0, 0.05) is 6.04 Å². The maximum absolute atomic E-state index is 3.53. The zero-order valence-corrected chi connectivity index (χ0v) is 14.4. The Morgan fingerprint density at radius 2 is 1.37 bits per heavy atom. The van der Waals surface area contributed by atoms with Gasteiger partial charge in [0.2, 0.25) is 0 Å². The van der Waals surface area contributed by atoms with Crippen LogP contribution in [0.3, 0.4) is 0 Å². The van der Waals surface area contributed by atoms with E-state index in [0.717, 1.165) is 6.54 Å². The van der Waals surface area contributed by atoms with Gasteiger partial charge in [0.05, 0.1) is 0 Å². The van der Waals surface area contributed by atoms with Crippen LogP contribution in [0, 0.1) is 5.41 Å². The summed E-state index contributed by atoms with van der Waals surface area (Å²) < 4.78 is 0. The number of hydrogen-bond donors (Lipinski definition) is 1. The molecule has 0 heterocycles. The van der Waals surface area contributed by atoms with Crippen LogP contribution in [0.2, 0.25) is 0 Å². The Bertz CT molecular complexity index is 186. The van der Waals surface area contributed by atoms with Gasteiger partial charge in [-0.25, -0.2) is 0 Å². The van der Waals surface area contributed by atoms with E-state index in [-0.39, 0.29) is 0 Å². The minimum atomic E-state index is 0.504. The van der Waals surface area contributed by atoms with Crippen molar-refractivity contribution in [1.29, 1.82) is 0 Å². The van der Waals surface area contributed by atoms with Gasteiger partial charge in [0.25, 0.3) is 0 Å². The maximum Gasteiger partial charge on any atom is 0.00436 e. The molecular formula is C18H39N. The minimum absolute atomic E-state index is 0.504. The molecule has 0 aliphatic carbocycles. The van der Waals surface area contributed by atoms with Crippen molar-refractivity contribution >= 4 is 0 Å². The van der Waals surface area contributed by atoms with Gasteiger partial charge in [-0.05, 0) is 31.7 Å². The fourth-order valence-electron chi connectivity index (χ4n) is 3.09. The van der Waals surface area contributed by atoms with Gasteiger partial charge in [0.1, 0.15) is 0 Å². The monoisotopic (exact) mass is 269 g/mol. The van der Waals surface area contributed by atoms with Crippen molar-refractivity contribution in [2.75, 3.05) is 6.54 Å². The molecule has 0 radical (unpaired) electrons. The van der Waals surface area contributed by atoms with E-state index in [2.05, 4.69) is 39.9 Å². The quantitative estimate of drug-likeness (QED) is 0.408. The van der Waals surface area contributed by atoms with E-state index in [1.165, 1.54) is 64.2 Å². The van der Waals surface area contributed by atoms with E-state index >= 15 is 0 Å². The van der Waals surface area contributed by atoms with Gasteiger partial charge in [-0.2, -0.15) is 0 Å². The van der Waals surface area contributed by atoms with E-state index < -0.39 is 0 Å². The van der Waals surface area contributed by atoms with Crippen molar-refractivity contribution < 1.29 is 0 Å². The summed E-state index contributed by atoms with van der Waals surface area (Å²) >= 11 is 0. The van der Waals surface area contributed by atoms with Crippen LogP contribution < -0.4 is 5.32 Å². The summed E-state index contributed by atoms with van der Waals surface area (Å²) in [6.45, 7) is 12.8. The molecule has 1 heteroatoms. The molecule has 0 aromatic carbocycles. The summed E-state index contributed by atoms with van der Waals surface area (Å²) in [4.78, 5) is 0. The molecule has 1 atom stereocenters. The Balaban J connectivity index is 3.47. The summed E-state index contributed by atoms with van der Waals surface area (Å²) in [5.74, 6) is 0. The van der Waals surface area contributed by atoms with E-state index in [1.54, 1.807) is 0 Å². The Labute approximate surface area is 122 Å². The summed E-state index contributed by atoms with van der Waals surface area (Å²) in [5, 5.41) is 3.53. The molecule has 1 nitrogen and oxygen atoms in total. The topological polar surface area (TPSA) is 12.0 Å². The maximum atomic E-state index is 3.53. The zero-order valence-electron chi connectivity index (χ0n) is 14.4. The van der Waals surface area contributed by atoms with Gasteiger partial charge in [-0.1, -0.05) is 79.1 Å². The van der Waals surface area contributed by atoms with Crippen molar-refractivity contribution in [2.45, 2.75) is 105 Å². The molecule has 0 amide bonds. The average Bonchev–Trinajstić information content (AvgIpc) is 2.32. The highest BCUT2D eigenvalue weighted by atomic mass is 14.9. The third kappa shape index (κ3) is 12.7. The smallest absolute Gasteiger partial charge is 0.00436 e. The lowest BCUT2D eigenvalue weighted by atomic mass is 9.81. The van der Waals surface area contributed by atoms with Crippen molar-refractivity contribution in [3.8, 4) is 0 Å². The molecule has 0 saturated carbocycles. The first-order valence-electron chi connectivity index (χ1n) is 8.75. The molecule has 0 saturated heterocycles. The lowest BCUT2D eigenvalue weighted by molar-refractivity contribution is 0.260. The molecule has 0 bridgehead atoms. The predicted octanol–water partition coefficient (Wildman–Crippen LogP) is 5.93. The van der Waals surface area contributed by atoms with Crippen LogP contribution in [0.1, 0.15) is 98.8 Å². The van der Waals surface area contributed by atoms with E-state index in [9.17, 15) is 0 Å². The van der Waals surface area contributed by atoms with Crippen LogP contribution in [0.25, 0.3) is 0 Å². The lowest BCUT2D eigenvalue weighted by Crippen LogP contribution is -2.31. The third-order valence-electron chi connectivity index (χ3n) is 4.12. The molecule has 1 unspecified atom stereocenters. The first-order chi connectivity index (χ1) is 9.02. The molecule has 0 rings (SSSR count). The highest BCUT2D eigenvalue weighted by Crippen LogP contribution is 2.29. The second-order valence-corrected chi connectivity index (χ2v) is 7.05. The molecule has 0 aromatic heterocycles. The fraction of sp³-hybridized carbons (Fsp3) is 1.00. The molecule has 1 N–H and O–H groups in total. The number of unbranched alkanes of at least 4 members (excludes halogenated alkanes) is 7. The van der Waals surface area contributed by atoms with Crippen LogP contribution in [0.15, 0.2) is 0 Å². The van der Waals surface area contributed by atoms with Crippen LogP contribution in [0.4, 0.5) is 0 Å². The van der Waals surface area contributed by atoms with E-state index in [4.69, 9.17) is 0 Å². The van der Waals surface area contributed by atoms with Crippen LogP contribution in [0.5, 0.6) is 0 Å². The highest BCUT2D eigenvalue weighted by molar-refractivity contribution is 4.74. The summed E-state index contributed by atoms with van der Waals surface area (Å²) in [5.41, 5.74) is 0.504. The molecule has 0 aromatic rings.